The van der Waals surface area contributed by atoms with Crippen LogP contribution in [-0.4, -0.2) is 140 Å². The lowest BCUT2D eigenvalue weighted by molar-refractivity contribution is -0.359. The van der Waals surface area contributed by atoms with Crippen molar-refractivity contribution < 1.29 is 64.6 Å². The number of amides is 1. The molecule has 2 rings (SSSR count). The fraction of sp³-hybridized carbons (Fsp3) is 0.827. The second kappa shape index (κ2) is 59.2. The van der Waals surface area contributed by atoms with Crippen LogP contribution in [0.25, 0.3) is 0 Å². The largest absolute Gasteiger partial charge is 0.394 e. The molecule has 0 bridgehead atoms. The standard InChI is InChI=1S/C75H135NO13/c1-3-5-7-9-11-13-15-17-19-20-21-22-23-24-25-26-27-28-29-30-31-32-33-34-35-36-37-38-39-40-41-42-43-44-45-47-49-51-53-55-57-59-67(80)76-63(64(79)58-56-54-52-50-48-46-18-16-14-12-10-8-6-4-2)62-86-74-72(85)70(83)73(66(61-78)88-74)89-75-71(84)69(82)68(81)65(60-77)87-75/h5,7,11,13,17,19,21-22,48,50,56,58,63-66,68-75,77-79,81-85H,3-4,6,8-10,12,14-16,18,20,23-47,49,51-55,57,59-62H2,1-2H3,(H,76,80)/b7-5-,13-11-,19-17-,22-21-,50-48+,58-56+. The van der Waals surface area contributed by atoms with Gasteiger partial charge >= 0.3 is 0 Å². The summed E-state index contributed by atoms with van der Waals surface area (Å²) < 4.78 is 22.8. The van der Waals surface area contributed by atoms with Crippen LogP contribution in [0.3, 0.4) is 0 Å². The summed E-state index contributed by atoms with van der Waals surface area (Å²) in [6, 6.07) is -0.931. The molecule has 2 aliphatic heterocycles. The molecule has 2 aliphatic rings. The summed E-state index contributed by atoms with van der Waals surface area (Å²) in [6.45, 7) is 2.68. The molecule has 12 atom stereocenters. The SMILES string of the molecule is CC/C=C\C/C=C\C/C=C\C/C=C\CCCCCCCCCCCCCCCCCCCCCCCCCCCCCCC(=O)NC(COC1OC(CO)C(OC2OC(CO)C(O)C(O)C2O)C(O)C1O)C(O)/C=C/CC/C=C/CCCCCCCCCC. The third-order valence-corrected chi connectivity index (χ3v) is 17.6. The van der Waals surface area contributed by atoms with Gasteiger partial charge < -0.3 is 65.1 Å². The second-order valence-electron chi connectivity index (χ2n) is 25.7. The third-order valence-electron chi connectivity index (χ3n) is 17.6. The second-order valence-corrected chi connectivity index (χ2v) is 25.7. The van der Waals surface area contributed by atoms with Gasteiger partial charge in [0, 0.05) is 6.42 Å². The lowest BCUT2D eigenvalue weighted by Gasteiger charge is -2.46. The molecule has 14 heteroatoms. The van der Waals surface area contributed by atoms with Crippen molar-refractivity contribution in [3.63, 3.8) is 0 Å². The van der Waals surface area contributed by atoms with Crippen LogP contribution < -0.4 is 5.32 Å². The highest BCUT2D eigenvalue weighted by Crippen LogP contribution is 2.30. The maximum atomic E-state index is 13.3. The predicted molar refractivity (Wildman–Crippen MR) is 364 cm³/mol. The Balaban J connectivity index is 1.54. The van der Waals surface area contributed by atoms with Gasteiger partial charge in [-0.1, -0.05) is 299 Å². The zero-order valence-corrected chi connectivity index (χ0v) is 56.4. The smallest absolute Gasteiger partial charge is 0.220 e. The Kier molecular flexibility index (Phi) is 54.9. The normalized spacial score (nSPS) is 23.4. The van der Waals surface area contributed by atoms with Crippen LogP contribution in [0.4, 0.5) is 0 Å². The van der Waals surface area contributed by atoms with Gasteiger partial charge in [-0.3, -0.25) is 4.79 Å². The molecule has 0 aromatic heterocycles. The molecule has 0 aliphatic carbocycles. The van der Waals surface area contributed by atoms with Crippen LogP contribution in [0.15, 0.2) is 72.9 Å². The number of carbonyl (C=O) groups excluding carboxylic acids is 1. The fourth-order valence-electron chi connectivity index (χ4n) is 11.8. The number of ether oxygens (including phenoxy) is 4. The lowest BCUT2D eigenvalue weighted by atomic mass is 9.97. The molecule has 0 saturated carbocycles. The van der Waals surface area contributed by atoms with Crippen molar-refractivity contribution in [3.8, 4) is 0 Å². The highest BCUT2D eigenvalue weighted by atomic mass is 16.7. The van der Waals surface area contributed by atoms with E-state index in [1.54, 1.807) is 6.08 Å². The first-order chi connectivity index (χ1) is 43.6. The number of aliphatic hydroxyl groups is 8. The summed E-state index contributed by atoms with van der Waals surface area (Å²) in [5.74, 6) is -0.246. The number of rotatable bonds is 60. The Bertz CT molecular complexity index is 1770. The minimum Gasteiger partial charge on any atom is -0.394 e. The van der Waals surface area contributed by atoms with Crippen LogP contribution in [0, 0.1) is 0 Å². The minimum absolute atomic E-state index is 0.246. The van der Waals surface area contributed by atoms with Crippen LogP contribution in [0.2, 0.25) is 0 Å². The van der Waals surface area contributed by atoms with Crippen molar-refractivity contribution >= 4 is 5.91 Å². The van der Waals surface area contributed by atoms with Gasteiger partial charge in [0.2, 0.25) is 5.91 Å². The quantitative estimate of drug-likeness (QED) is 0.0204. The Hall–Kier alpha value is -2.57. The Morgan fingerprint density at radius 2 is 0.787 bits per heavy atom. The lowest BCUT2D eigenvalue weighted by Crippen LogP contribution is -2.65. The first-order valence-corrected chi connectivity index (χ1v) is 36.7. The van der Waals surface area contributed by atoms with Gasteiger partial charge in [-0.25, -0.2) is 0 Å². The molecule has 12 unspecified atom stereocenters. The summed E-state index contributed by atoms with van der Waals surface area (Å²) in [5, 5.41) is 87.2. The average molecular weight is 1260 g/mol. The Labute approximate surface area is 542 Å². The van der Waals surface area contributed by atoms with Crippen molar-refractivity contribution in [1.29, 1.82) is 0 Å². The molecule has 0 aromatic rings. The number of nitrogens with one attached hydrogen (secondary N) is 1. The number of carbonyl (C=O) groups is 1. The van der Waals surface area contributed by atoms with Gasteiger partial charge in [-0.05, 0) is 70.6 Å². The molecule has 89 heavy (non-hydrogen) atoms. The molecule has 1 amide bonds. The zero-order valence-electron chi connectivity index (χ0n) is 56.4. The maximum absolute atomic E-state index is 13.3. The highest BCUT2D eigenvalue weighted by molar-refractivity contribution is 5.76. The Morgan fingerprint density at radius 1 is 0.416 bits per heavy atom. The number of allylic oxidation sites excluding steroid dienone is 11. The fourth-order valence-corrected chi connectivity index (χ4v) is 11.8. The zero-order chi connectivity index (χ0) is 64.5. The number of hydrogen-bond acceptors (Lipinski definition) is 13. The molecule has 14 nitrogen and oxygen atoms in total. The van der Waals surface area contributed by atoms with E-state index in [9.17, 15) is 45.6 Å². The van der Waals surface area contributed by atoms with Gasteiger partial charge in [-0.2, -0.15) is 0 Å². The summed E-state index contributed by atoms with van der Waals surface area (Å²) >= 11 is 0. The van der Waals surface area contributed by atoms with E-state index in [2.05, 4.69) is 79.9 Å². The molecule has 518 valence electrons. The molecular formula is C75H135NO13. The van der Waals surface area contributed by atoms with Crippen molar-refractivity contribution in [2.45, 2.75) is 376 Å². The van der Waals surface area contributed by atoms with Crippen molar-refractivity contribution in [1.82, 2.24) is 5.32 Å². The summed E-state index contributed by atoms with van der Waals surface area (Å²) in [6.07, 6.45) is 64.3. The van der Waals surface area contributed by atoms with E-state index in [1.807, 2.05) is 6.08 Å². The molecule has 2 heterocycles. The molecule has 2 saturated heterocycles. The monoisotopic (exact) mass is 1260 g/mol. The average Bonchev–Trinajstić information content (AvgIpc) is 2.74. The van der Waals surface area contributed by atoms with Crippen LogP contribution in [0.1, 0.15) is 303 Å². The van der Waals surface area contributed by atoms with Gasteiger partial charge in [0.25, 0.3) is 0 Å². The van der Waals surface area contributed by atoms with E-state index in [-0.39, 0.29) is 18.9 Å². The molecule has 2 fully saturated rings. The van der Waals surface area contributed by atoms with E-state index in [0.717, 1.165) is 57.8 Å². The summed E-state index contributed by atoms with van der Waals surface area (Å²) in [7, 11) is 0. The molecule has 9 N–H and O–H groups in total. The minimum atomic E-state index is -1.79. The van der Waals surface area contributed by atoms with Gasteiger partial charge in [0.15, 0.2) is 12.6 Å². The van der Waals surface area contributed by atoms with Crippen LogP contribution in [-0.2, 0) is 23.7 Å². The van der Waals surface area contributed by atoms with Crippen molar-refractivity contribution in [2.75, 3.05) is 19.8 Å². The molecule has 0 spiro atoms. The van der Waals surface area contributed by atoms with Gasteiger partial charge in [-0.15, -0.1) is 0 Å². The Morgan fingerprint density at radius 3 is 1.24 bits per heavy atom. The number of hydrogen-bond donors (Lipinski definition) is 9. The van der Waals surface area contributed by atoms with Gasteiger partial charge in [0.05, 0.1) is 32.0 Å². The predicted octanol–water partition coefficient (Wildman–Crippen LogP) is 15.4. The van der Waals surface area contributed by atoms with Crippen LogP contribution >= 0.6 is 0 Å². The van der Waals surface area contributed by atoms with Crippen molar-refractivity contribution in [3.05, 3.63) is 72.9 Å². The van der Waals surface area contributed by atoms with E-state index in [1.165, 1.54) is 212 Å². The third kappa shape index (κ3) is 43.1. The van der Waals surface area contributed by atoms with Crippen LogP contribution in [0.5, 0.6) is 0 Å². The number of unbranched alkanes of at least 4 members (excludes halogenated alkanes) is 37. The van der Waals surface area contributed by atoms with Gasteiger partial charge in [0.1, 0.15) is 48.8 Å². The van der Waals surface area contributed by atoms with E-state index in [4.69, 9.17) is 18.9 Å². The van der Waals surface area contributed by atoms with E-state index < -0.39 is 86.8 Å². The maximum Gasteiger partial charge on any atom is 0.220 e. The first kappa shape index (κ1) is 82.5. The molecular weight excluding hydrogens is 1120 g/mol. The summed E-state index contributed by atoms with van der Waals surface area (Å²) in [4.78, 5) is 13.3. The number of aliphatic hydroxyl groups excluding tert-OH is 8. The highest BCUT2D eigenvalue weighted by Gasteiger charge is 2.51. The summed E-state index contributed by atoms with van der Waals surface area (Å²) in [5.41, 5.74) is 0. The molecule has 0 aromatic carbocycles. The van der Waals surface area contributed by atoms with Crippen molar-refractivity contribution in [2.24, 2.45) is 0 Å². The topological polar surface area (TPSA) is 228 Å². The van der Waals surface area contributed by atoms with E-state index >= 15 is 0 Å². The van der Waals surface area contributed by atoms with E-state index in [0.29, 0.717) is 12.8 Å². The molecule has 0 radical (unpaired) electrons. The first-order valence-electron chi connectivity index (χ1n) is 36.7.